The smallest absolute Gasteiger partial charge is 0.253 e. The van der Waals surface area contributed by atoms with E-state index < -0.39 is 0 Å². The van der Waals surface area contributed by atoms with Crippen LogP contribution in [0.2, 0.25) is 5.02 Å². The van der Waals surface area contributed by atoms with Gasteiger partial charge in [-0.2, -0.15) is 0 Å². The van der Waals surface area contributed by atoms with Crippen molar-refractivity contribution in [1.29, 1.82) is 0 Å². The second-order valence-corrected chi connectivity index (χ2v) is 6.91. The maximum atomic E-state index is 13.1. The monoisotopic (exact) mass is 404 g/mol. The van der Waals surface area contributed by atoms with Crippen LogP contribution in [-0.4, -0.2) is 44.0 Å². The van der Waals surface area contributed by atoms with E-state index in [4.69, 9.17) is 11.6 Å². The predicted molar refractivity (Wildman–Crippen MR) is 112 cm³/mol. The highest BCUT2D eigenvalue weighted by molar-refractivity contribution is 6.31. The van der Waals surface area contributed by atoms with E-state index >= 15 is 0 Å². The largest absolute Gasteiger partial charge is 0.357 e. The summed E-state index contributed by atoms with van der Waals surface area (Å²) in [6.45, 7) is 3.84. The number of hydrogen-bond donors (Lipinski definition) is 2. The first-order valence-electron chi connectivity index (χ1n) is 9.17. The molecule has 1 amide bonds. The zero-order valence-electron chi connectivity index (χ0n) is 16.4. The lowest BCUT2D eigenvalue weighted by Crippen LogP contribution is -2.38. The molecule has 0 saturated heterocycles. The van der Waals surface area contributed by atoms with Crippen molar-refractivity contribution in [3.05, 3.63) is 70.0 Å². The molecule has 0 atom stereocenters. The third-order valence-corrected chi connectivity index (χ3v) is 4.42. The molecule has 2 N–H and O–H groups in total. The number of benzene rings is 2. The molecule has 0 unspecified atom stereocenters. The van der Waals surface area contributed by atoms with Gasteiger partial charge in [0.2, 0.25) is 0 Å². The third-order valence-electron chi connectivity index (χ3n) is 4.07. The summed E-state index contributed by atoms with van der Waals surface area (Å²) in [7, 11) is 3.46. The van der Waals surface area contributed by atoms with Crippen LogP contribution in [-0.2, 0) is 13.0 Å². The Morgan fingerprint density at radius 3 is 2.46 bits per heavy atom. The Labute approximate surface area is 170 Å². The number of aliphatic imine (C=N–C) groups is 1. The van der Waals surface area contributed by atoms with Crippen LogP contribution in [0.15, 0.2) is 47.5 Å². The molecule has 0 radical (unpaired) electrons. The molecule has 2 aromatic rings. The molecule has 0 spiro atoms. The van der Waals surface area contributed by atoms with Crippen molar-refractivity contribution in [3.63, 3.8) is 0 Å². The van der Waals surface area contributed by atoms with E-state index in [0.717, 1.165) is 17.7 Å². The molecule has 0 bridgehead atoms. The number of hydrogen-bond acceptors (Lipinski definition) is 2. The van der Waals surface area contributed by atoms with E-state index in [-0.39, 0.29) is 11.7 Å². The summed E-state index contributed by atoms with van der Waals surface area (Å²) in [4.78, 5) is 18.0. The first kappa shape index (κ1) is 21.7. The molecular weight excluding hydrogens is 379 g/mol. The fraction of sp³-hybridized carbons (Fsp3) is 0.333. The molecule has 0 saturated carbocycles. The maximum absolute atomic E-state index is 13.1. The van der Waals surface area contributed by atoms with E-state index in [1.54, 1.807) is 25.1 Å². The average Bonchev–Trinajstić information content (AvgIpc) is 2.67. The van der Waals surface area contributed by atoms with Gasteiger partial charge < -0.3 is 15.5 Å². The van der Waals surface area contributed by atoms with Gasteiger partial charge in [0, 0.05) is 37.8 Å². The first-order chi connectivity index (χ1) is 13.4. The quantitative estimate of drug-likeness (QED) is 0.548. The Hall–Kier alpha value is -2.60. The van der Waals surface area contributed by atoms with Gasteiger partial charge in [-0.3, -0.25) is 4.79 Å². The van der Waals surface area contributed by atoms with Crippen LogP contribution in [0, 0.1) is 5.82 Å². The fourth-order valence-electron chi connectivity index (χ4n) is 2.56. The number of nitrogens with zero attached hydrogens (tertiary/aromatic N) is 2. The molecule has 0 aliphatic heterocycles. The minimum Gasteiger partial charge on any atom is -0.357 e. The summed E-state index contributed by atoms with van der Waals surface area (Å²) in [6.07, 6.45) is 0.658. The van der Waals surface area contributed by atoms with Crippen molar-refractivity contribution in [1.82, 2.24) is 15.5 Å². The van der Waals surface area contributed by atoms with Gasteiger partial charge in [0.25, 0.3) is 5.91 Å². The number of nitrogens with one attached hydrogen (secondary N) is 2. The van der Waals surface area contributed by atoms with E-state index in [2.05, 4.69) is 15.6 Å². The van der Waals surface area contributed by atoms with Crippen molar-refractivity contribution in [2.75, 3.05) is 27.2 Å². The molecule has 0 heterocycles. The highest BCUT2D eigenvalue weighted by Crippen LogP contribution is 2.17. The number of rotatable bonds is 7. The van der Waals surface area contributed by atoms with E-state index in [0.29, 0.717) is 36.1 Å². The van der Waals surface area contributed by atoms with Crippen molar-refractivity contribution >= 4 is 23.5 Å². The lowest BCUT2D eigenvalue weighted by atomic mass is 10.1. The van der Waals surface area contributed by atoms with E-state index in [1.165, 1.54) is 12.1 Å². The number of guanidine groups is 1. The van der Waals surface area contributed by atoms with Crippen molar-refractivity contribution in [2.24, 2.45) is 4.99 Å². The van der Waals surface area contributed by atoms with Crippen molar-refractivity contribution in [2.45, 2.75) is 19.9 Å². The van der Waals surface area contributed by atoms with Crippen molar-refractivity contribution < 1.29 is 9.18 Å². The molecule has 5 nitrogen and oxygen atoms in total. The van der Waals surface area contributed by atoms with Crippen molar-refractivity contribution in [3.8, 4) is 0 Å². The zero-order chi connectivity index (χ0) is 20.5. The number of halogens is 2. The summed E-state index contributed by atoms with van der Waals surface area (Å²) < 4.78 is 13.1. The van der Waals surface area contributed by atoms with Gasteiger partial charge in [-0.25, -0.2) is 9.38 Å². The average molecular weight is 405 g/mol. The highest BCUT2D eigenvalue weighted by atomic mass is 35.5. The Morgan fingerprint density at radius 2 is 1.86 bits per heavy atom. The second-order valence-electron chi connectivity index (χ2n) is 6.50. The molecule has 0 aromatic heterocycles. The lowest BCUT2D eigenvalue weighted by Gasteiger charge is -2.12. The summed E-state index contributed by atoms with van der Waals surface area (Å²) in [5, 5.41) is 6.87. The minimum atomic E-state index is -0.338. The van der Waals surface area contributed by atoms with Gasteiger partial charge >= 0.3 is 0 Å². The Morgan fingerprint density at radius 1 is 1.14 bits per heavy atom. The summed E-state index contributed by atoms with van der Waals surface area (Å²) in [5.74, 6) is 0.327. The topological polar surface area (TPSA) is 56.7 Å². The van der Waals surface area contributed by atoms with Gasteiger partial charge in [-0.05, 0) is 48.7 Å². The van der Waals surface area contributed by atoms with Crippen LogP contribution in [0.1, 0.15) is 28.4 Å². The molecule has 7 heteroatoms. The molecule has 28 heavy (non-hydrogen) atoms. The van der Waals surface area contributed by atoms with Gasteiger partial charge in [-0.15, -0.1) is 0 Å². The zero-order valence-corrected chi connectivity index (χ0v) is 17.2. The van der Waals surface area contributed by atoms with Crippen LogP contribution in [0.5, 0.6) is 0 Å². The number of carbonyl (C=O) groups excluding carboxylic acids is 1. The van der Waals surface area contributed by atoms with Gasteiger partial charge in [0.05, 0.1) is 6.54 Å². The van der Waals surface area contributed by atoms with Crippen LogP contribution in [0.3, 0.4) is 0 Å². The molecule has 2 rings (SSSR count). The van der Waals surface area contributed by atoms with E-state index in [1.807, 2.05) is 31.2 Å². The summed E-state index contributed by atoms with van der Waals surface area (Å²) >= 11 is 6.06. The van der Waals surface area contributed by atoms with E-state index in [9.17, 15) is 9.18 Å². The van der Waals surface area contributed by atoms with Gasteiger partial charge in [0.15, 0.2) is 5.96 Å². The SMILES string of the molecule is CCNC(=NCc1ccc(C(=O)N(C)C)cc1)NCCc1ccc(F)cc1Cl. The van der Waals surface area contributed by atoms with Crippen LogP contribution < -0.4 is 10.6 Å². The summed E-state index contributed by atoms with van der Waals surface area (Å²) in [6, 6.07) is 11.9. The predicted octanol–water partition coefficient (Wildman–Crippen LogP) is 3.48. The molecular formula is C21H26ClFN4O. The molecule has 2 aromatic carbocycles. The second kappa shape index (κ2) is 10.7. The Bertz CT molecular complexity index is 822. The third kappa shape index (κ3) is 6.53. The van der Waals surface area contributed by atoms with Crippen LogP contribution in [0.4, 0.5) is 4.39 Å². The maximum Gasteiger partial charge on any atom is 0.253 e. The van der Waals surface area contributed by atoms with Crippen LogP contribution in [0.25, 0.3) is 0 Å². The lowest BCUT2D eigenvalue weighted by molar-refractivity contribution is 0.0827. The molecule has 0 aliphatic carbocycles. The highest BCUT2D eigenvalue weighted by Gasteiger charge is 2.07. The van der Waals surface area contributed by atoms with Gasteiger partial charge in [-0.1, -0.05) is 29.8 Å². The number of carbonyl (C=O) groups is 1. The molecule has 0 aliphatic rings. The standard InChI is InChI=1S/C21H26ClFN4O/c1-4-24-21(25-12-11-16-9-10-18(23)13-19(16)22)26-14-15-5-7-17(8-6-15)20(28)27(2)3/h5-10,13H,4,11-12,14H2,1-3H3,(H2,24,25,26). The summed E-state index contributed by atoms with van der Waals surface area (Å²) in [5.41, 5.74) is 2.54. The normalized spacial score (nSPS) is 11.2. The molecule has 150 valence electrons. The minimum absolute atomic E-state index is 0.0236. The molecule has 0 fully saturated rings. The van der Waals surface area contributed by atoms with Crippen LogP contribution >= 0.6 is 11.6 Å². The fourth-order valence-corrected chi connectivity index (χ4v) is 2.82. The first-order valence-corrected chi connectivity index (χ1v) is 9.55. The Kier molecular flexibility index (Phi) is 8.26. The number of amides is 1. The van der Waals surface area contributed by atoms with Gasteiger partial charge in [0.1, 0.15) is 5.82 Å². The Balaban J connectivity index is 1.93.